The molecule has 0 bridgehead atoms. The number of nitrogens with zero attached hydrogens (tertiary/aromatic N) is 1. The number of fused-ring (bicyclic) bond motifs is 1. The first-order chi connectivity index (χ1) is 35.3. The van der Waals surface area contributed by atoms with Crippen LogP contribution in [0.15, 0.2) is 103 Å². The average Bonchev–Trinajstić information content (AvgIpc) is 3.75. The van der Waals surface area contributed by atoms with Gasteiger partial charge in [0.15, 0.2) is 29.8 Å². The molecule has 0 aliphatic heterocycles. The van der Waals surface area contributed by atoms with E-state index in [-0.39, 0.29) is 0 Å². The molecule has 6 aromatic carbocycles. The van der Waals surface area contributed by atoms with Crippen molar-refractivity contribution in [3.8, 4) is 0 Å². The van der Waals surface area contributed by atoms with Crippen LogP contribution in [-0.2, 0) is 56.0 Å². The fourth-order valence-corrected chi connectivity index (χ4v) is 9.02. The summed E-state index contributed by atoms with van der Waals surface area (Å²) in [4.78, 5) is 0. The van der Waals surface area contributed by atoms with E-state index in [1.165, 1.54) is 15.9 Å². The molecule has 0 spiro atoms. The van der Waals surface area contributed by atoms with E-state index in [1.54, 1.807) is 29.8 Å². The minimum atomic E-state index is -6.13. The van der Waals surface area contributed by atoms with Gasteiger partial charge in [-0.05, 0) is 30.3 Å². The van der Waals surface area contributed by atoms with E-state index in [0.717, 1.165) is 4.70 Å². The summed E-state index contributed by atoms with van der Waals surface area (Å²) < 4.78 is 410. The molecule has 0 atom stereocenters. The number of halogens is 29. The van der Waals surface area contributed by atoms with Crippen LogP contribution in [0.5, 0.6) is 0 Å². The van der Waals surface area contributed by atoms with Crippen molar-refractivity contribution in [2.75, 3.05) is 0 Å². The molecular formula is C46H19BF29NS. The highest BCUT2D eigenvalue weighted by molar-refractivity contribution is 7.20. The van der Waals surface area contributed by atoms with Crippen molar-refractivity contribution in [2.24, 2.45) is 0 Å². The first-order valence-electron chi connectivity index (χ1n) is 20.5. The van der Waals surface area contributed by atoms with Crippen LogP contribution in [-0.4, -0.2) is 6.15 Å². The van der Waals surface area contributed by atoms with Gasteiger partial charge in [0.05, 0.1) is 50.1 Å². The minimum absolute atomic E-state index is 0.435. The summed E-state index contributed by atoms with van der Waals surface area (Å²) in [6, 6.07) is -1.78. The van der Waals surface area contributed by atoms with Crippen molar-refractivity contribution in [3.63, 3.8) is 0 Å². The minimum Gasteiger partial charge on any atom is -0.203 e. The van der Waals surface area contributed by atoms with Crippen LogP contribution in [0.4, 0.5) is 127 Å². The SMILES string of the molecule is FC(F)(F)c1cc([B-](c2cc(C(F)(F)F)cc(C(F)(F)F)c2)(c2cc(C(F)(F)F)cc(C(F)(F)F)c2)c2cc(C(F)(F)F)cc(C(F)(F)F)c2)cc(C(F)(F)F)c1.Fc1c(F)c(F)c(C[n+]2csc3ccccc32)c(F)c1F. The predicted octanol–water partition coefficient (Wildman–Crippen LogP) is 15.1. The number of aromatic nitrogens is 1. The average molecular weight is 1180 g/mol. The molecule has 7 aromatic rings. The molecule has 1 nitrogen and oxygen atoms in total. The molecule has 0 aliphatic rings. The van der Waals surface area contributed by atoms with Crippen LogP contribution in [0, 0.1) is 29.1 Å². The van der Waals surface area contributed by atoms with Gasteiger partial charge in [0.2, 0.25) is 16.8 Å². The second kappa shape index (κ2) is 20.2. The van der Waals surface area contributed by atoms with E-state index in [4.69, 9.17) is 0 Å². The lowest BCUT2D eigenvalue weighted by Gasteiger charge is -2.46. The van der Waals surface area contributed by atoms with E-state index >= 15 is 0 Å². The molecule has 0 unspecified atom stereocenters. The van der Waals surface area contributed by atoms with Crippen molar-refractivity contribution in [1.29, 1.82) is 0 Å². The third-order valence-corrected chi connectivity index (χ3v) is 12.5. The Bertz CT molecular complexity index is 2920. The van der Waals surface area contributed by atoms with E-state index in [9.17, 15) is 127 Å². The van der Waals surface area contributed by atoms with Gasteiger partial charge in [0, 0.05) is 6.07 Å². The highest BCUT2D eigenvalue weighted by atomic mass is 32.1. The zero-order valence-corrected chi connectivity index (χ0v) is 37.7. The monoisotopic (exact) mass is 1180 g/mol. The lowest BCUT2D eigenvalue weighted by atomic mass is 9.12. The quantitative estimate of drug-likeness (QED) is 0.0514. The van der Waals surface area contributed by atoms with E-state index in [0.29, 0.717) is 5.52 Å². The number of benzene rings is 6. The van der Waals surface area contributed by atoms with Gasteiger partial charge in [-0.15, -0.1) is 0 Å². The van der Waals surface area contributed by atoms with Crippen LogP contribution < -0.4 is 26.4 Å². The Balaban J connectivity index is 0.000000387. The first kappa shape index (κ1) is 60.5. The van der Waals surface area contributed by atoms with Crippen LogP contribution >= 0.6 is 11.3 Å². The fourth-order valence-electron chi connectivity index (χ4n) is 8.12. The third-order valence-electron chi connectivity index (χ3n) is 11.6. The zero-order chi connectivity index (χ0) is 59.1. The maximum absolute atomic E-state index is 14.2. The summed E-state index contributed by atoms with van der Waals surface area (Å²) in [5.41, 5.74) is -28.8. The van der Waals surface area contributed by atoms with Gasteiger partial charge in [-0.2, -0.15) is 132 Å². The lowest BCUT2D eigenvalue weighted by Crippen LogP contribution is -2.75. The molecule has 0 saturated heterocycles. The second-order valence-electron chi connectivity index (χ2n) is 16.6. The Morgan fingerprint density at radius 2 is 0.551 bits per heavy atom. The molecule has 1 heterocycles. The number of rotatable bonds is 6. The van der Waals surface area contributed by atoms with Crippen molar-refractivity contribution in [1.82, 2.24) is 0 Å². The molecule has 0 amide bonds. The summed E-state index contributed by atoms with van der Waals surface area (Å²) >= 11 is 1.31. The van der Waals surface area contributed by atoms with Crippen LogP contribution in [0.2, 0.25) is 0 Å². The number of hydrogen-bond donors (Lipinski definition) is 0. The predicted molar refractivity (Wildman–Crippen MR) is 217 cm³/mol. The van der Waals surface area contributed by atoms with Gasteiger partial charge < -0.3 is 0 Å². The van der Waals surface area contributed by atoms with Crippen molar-refractivity contribution in [3.05, 3.63) is 182 Å². The molecule has 0 fully saturated rings. The van der Waals surface area contributed by atoms with E-state index < -0.39 is 236 Å². The van der Waals surface area contributed by atoms with Gasteiger partial charge in [-0.25, -0.2) is 22.0 Å². The molecule has 32 heteroatoms. The largest absolute Gasteiger partial charge is 0.416 e. The second-order valence-corrected chi connectivity index (χ2v) is 17.5. The highest BCUT2D eigenvalue weighted by Gasteiger charge is 2.47. The highest BCUT2D eigenvalue weighted by Crippen LogP contribution is 2.42. The maximum Gasteiger partial charge on any atom is 0.416 e. The summed E-state index contributed by atoms with van der Waals surface area (Å²) in [5, 5.41) is 0. The molecule has 1 aromatic heterocycles. The van der Waals surface area contributed by atoms with Crippen molar-refractivity contribution < 1.29 is 132 Å². The molecule has 0 saturated carbocycles. The van der Waals surface area contributed by atoms with Gasteiger partial charge in [-0.1, -0.05) is 72.0 Å². The normalized spacial score (nSPS) is 13.5. The van der Waals surface area contributed by atoms with Gasteiger partial charge in [0.25, 0.3) is 0 Å². The van der Waals surface area contributed by atoms with Crippen molar-refractivity contribution in [2.45, 2.75) is 56.0 Å². The van der Waals surface area contributed by atoms with Gasteiger partial charge >= 0.3 is 49.4 Å². The summed E-state index contributed by atoms with van der Waals surface area (Å²) in [6.07, 6.45) is -54.8. The summed E-state index contributed by atoms with van der Waals surface area (Å²) in [5.74, 6) is -9.59. The maximum atomic E-state index is 14.2. The number of hydrogen-bond acceptors (Lipinski definition) is 1. The Kier molecular flexibility index (Phi) is 15.6. The first-order valence-corrected chi connectivity index (χ1v) is 21.4. The molecule has 7 rings (SSSR count). The van der Waals surface area contributed by atoms with Crippen LogP contribution in [0.25, 0.3) is 10.2 Å². The standard InChI is InChI=1S/C32H12BF24.C14H7F5NS/c34-25(35,36)13-1-14(26(37,38)39)6-21(5-13)33(22-7-15(27(40,41)42)2-16(8-22)28(43,44)45,23-9-17(29(46,47)48)3-18(10-23)30(49,50)51)24-11-19(31(52,53)54)4-20(12-24)32(55,56)57;15-10-7(11(16)13(18)14(19)12(10)17)5-20-6-21-9-4-2-1-3-8(9)20/h1-12H;1-4,6H,5H2/q-1;+1. The van der Waals surface area contributed by atoms with Crippen LogP contribution in [0.1, 0.15) is 50.1 Å². The zero-order valence-electron chi connectivity index (χ0n) is 36.9. The molecule has 0 aliphatic carbocycles. The molecule has 0 radical (unpaired) electrons. The summed E-state index contributed by atoms with van der Waals surface area (Å²) in [6.45, 7) is -0.435. The van der Waals surface area contributed by atoms with E-state index in [2.05, 4.69) is 0 Å². The fraction of sp³-hybridized carbons (Fsp3) is 0.196. The van der Waals surface area contributed by atoms with Crippen molar-refractivity contribution >= 4 is 49.6 Å². The molecular weight excluding hydrogens is 1160 g/mol. The Labute approximate surface area is 418 Å². The topological polar surface area (TPSA) is 3.88 Å². The molecule has 78 heavy (non-hydrogen) atoms. The molecule has 420 valence electrons. The number of para-hydroxylation sites is 1. The Hall–Kier alpha value is -6.76. The van der Waals surface area contributed by atoms with Crippen LogP contribution in [0.3, 0.4) is 0 Å². The van der Waals surface area contributed by atoms with E-state index in [1.807, 2.05) is 0 Å². The smallest absolute Gasteiger partial charge is 0.203 e. The Morgan fingerprint density at radius 3 is 0.795 bits per heavy atom. The third kappa shape index (κ3) is 12.4. The molecule has 0 N–H and O–H groups in total. The lowest BCUT2D eigenvalue weighted by molar-refractivity contribution is -0.658. The number of thiazole rings is 1. The Morgan fingerprint density at radius 1 is 0.321 bits per heavy atom. The van der Waals surface area contributed by atoms with Gasteiger partial charge in [0.1, 0.15) is 10.8 Å². The number of alkyl halides is 24. The summed E-state index contributed by atoms with van der Waals surface area (Å²) in [7, 11) is 0. The van der Waals surface area contributed by atoms with Gasteiger partial charge in [-0.3, -0.25) is 0 Å².